The van der Waals surface area contributed by atoms with Crippen molar-refractivity contribution in [3.63, 3.8) is 0 Å². The van der Waals surface area contributed by atoms with Crippen molar-refractivity contribution in [3.05, 3.63) is 68.9 Å². The molecule has 0 unspecified atom stereocenters. The number of benzene rings is 2. The smallest absolute Gasteiger partial charge is 0.538 e. The first-order valence-electron chi connectivity index (χ1n) is 8.13. The third-order valence-corrected chi connectivity index (χ3v) is 5.13. The Morgan fingerprint density at radius 1 is 0.571 bits per heavy atom. The fourth-order valence-electron chi connectivity index (χ4n) is 2.37. The van der Waals surface area contributed by atoms with Gasteiger partial charge < -0.3 is 9.52 Å². The van der Waals surface area contributed by atoms with E-state index in [1.165, 1.54) is 0 Å². The van der Waals surface area contributed by atoms with Gasteiger partial charge in [-0.25, -0.2) is 8.42 Å². The third-order valence-electron chi connectivity index (χ3n) is 3.90. The summed E-state index contributed by atoms with van der Waals surface area (Å²) in [4.78, 5) is 10.2. The van der Waals surface area contributed by atoms with Crippen LogP contribution >= 0.6 is 0 Å². The molecule has 0 radical (unpaired) electrons. The molecule has 0 spiro atoms. The van der Waals surface area contributed by atoms with Crippen LogP contribution in [0.25, 0.3) is 4.72 Å². The van der Waals surface area contributed by atoms with E-state index in [-0.39, 0.29) is 46.6 Å². The summed E-state index contributed by atoms with van der Waals surface area (Å²) in [6.07, 6.45) is -21.9. The van der Waals surface area contributed by atoms with Gasteiger partial charge in [-0.3, -0.25) is 0 Å². The van der Waals surface area contributed by atoms with Crippen LogP contribution in [0.1, 0.15) is 32.6 Å². The molecule has 0 aliphatic heterocycles. The van der Waals surface area contributed by atoms with Crippen LogP contribution in [0, 0.1) is 0 Å². The van der Waals surface area contributed by atoms with Gasteiger partial charge in [0.25, 0.3) is 0 Å². The van der Waals surface area contributed by atoms with Crippen molar-refractivity contribution in [2.24, 2.45) is 0 Å². The molecule has 0 heterocycles. The van der Waals surface area contributed by atoms with E-state index in [4.69, 9.17) is 0 Å². The van der Waals surface area contributed by atoms with Crippen molar-refractivity contribution in [1.82, 2.24) is 0 Å². The molecular weight excluding hydrogens is 634 g/mol. The maximum absolute atomic E-state index is 12.9. The first-order chi connectivity index (χ1) is 15.0. The molecule has 2 rings (SSSR count). The van der Waals surface area contributed by atoms with Crippen LogP contribution in [0.15, 0.2) is 41.3 Å². The van der Waals surface area contributed by atoms with Crippen LogP contribution in [-0.4, -0.2) is 14.3 Å². The van der Waals surface area contributed by atoms with E-state index in [0.717, 1.165) is 0 Å². The number of amides is 1. The predicted molar refractivity (Wildman–Crippen MR) is 87.8 cm³/mol. The molecule has 198 valence electrons. The van der Waals surface area contributed by atoms with E-state index in [1.807, 2.05) is 0 Å². The number of nitrogens with zero attached hydrogens (tertiary/aromatic N) is 1. The molecule has 0 N–H and O–H groups in total. The Kier molecular flexibility index (Phi) is 8.50. The number of halogens is 12. The summed E-state index contributed by atoms with van der Waals surface area (Å²) in [5.74, 6) is -2.30. The first-order valence-corrected chi connectivity index (χ1v) is 9.57. The number of hydrogen-bond donors (Lipinski definition) is 0. The summed E-state index contributed by atoms with van der Waals surface area (Å²) in [6.45, 7) is 0. The minimum absolute atomic E-state index is 0. The average molecular weight is 640 g/mol. The molecule has 35 heavy (non-hydrogen) atoms. The number of alkyl halides is 12. The molecule has 2 aromatic carbocycles. The van der Waals surface area contributed by atoms with E-state index >= 15 is 0 Å². The summed E-state index contributed by atoms with van der Waals surface area (Å²) in [5.41, 5.74) is -9.92. The molecule has 18 heteroatoms. The number of carbonyl (C=O) groups excluding carboxylic acids is 1. The second-order valence-electron chi connectivity index (χ2n) is 6.41. The monoisotopic (exact) mass is 639 g/mol. The van der Waals surface area contributed by atoms with Crippen molar-refractivity contribution in [1.29, 1.82) is 0 Å². The third kappa shape index (κ3) is 7.62. The topological polar surface area (TPSA) is 65.3 Å². The maximum atomic E-state index is 12.9. The zero-order valence-electron chi connectivity index (χ0n) is 15.9. The Balaban J connectivity index is 0.00000612. The molecule has 0 saturated carbocycles. The number of sulfonamides is 1. The molecule has 4 nitrogen and oxygen atoms in total. The van der Waals surface area contributed by atoms with Crippen molar-refractivity contribution in [2.45, 2.75) is 29.6 Å². The number of carbonyl (C=O) groups is 1. The second-order valence-corrected chi connectivity index (χ2v) is 8.01. The van der Waals surface area contributed by atoms with Crippen molar-refractivity contribution in [3.8, 4) is 0 Å². The average Bonchev–Trinajstić information content (AvgIpc) is 2.64. The summed E-state index contributed by atoms with van der Waals surface area (Å²) >= 11 is 0. The van der Waals surface area contributed by atoms with Gasteiger partial charge in [0.2, 0.25) is 0 Å². The standard InChI is InChI=1S/C17H7F12NO3S.Ag/c18-14(19,20)8-1-7(2-9(3-8)15(21,22)23)13(31)30-34(32,33)12-5-10(16(24,25)26)4-11(6-12)17(27,28)29;/h1-6H,(H,30,31);/q;+1/p-1. The molecule has 0 fully saturated rings. The summed E-state index contributed by atoms with van der Waals surface area (Å²) in [6, 6.07) is -1.98. The van der Waals surface area contributed by atoms with Gasteiger partial charge in [0.1, 0.15) is 10.0 Å². The Morgan fingerprint density at radius 3 is 1.14 bits per heavy atom. The van der Waals surface area contributed by atoms with E-state index in [1.54, 1.807) is 0 Å². The number of hydrogen-bond acceptors (Lipinski definition) is 3. The summed E-state index contributed by atoms with van der Waals surface area (Å²) in [5, 5.41) is 0. The van der Waals surface area contributed by atoms with Gasteiger partial charge in [0, 0.05) is 5.56 Å². The van der Waals surface area contributed by atoms with E-state index in [9.17, 15) is 65.9 Å². The van der Waals surface area contributed by atoms with Gasteiger partial charge in [0.15, 0.2) is 0 Å². The zero-order chi connectivity index (χ0) is 26.5. The maximum Gasteiger partial charge on any atom is 1.00 e. The number of rotatable bonds is 3. The van der Waals surface area contributed by atoms with Gasteiger partial charge in [-0.2, -0.15) is 52.7 Å². The van der Waals surface area contributed by atoms with Crippen LogP contribution in [0.2, 0.25) is 0 Å². The molecule has 1 amide bonds. The molecule has 0 aliphatic rings. The minimum atomic E-state index is -5.76. The minimum Gasteiger partial charge on any atom is -0.538 e. The zero-order valence-corrected chi connectivity index (χ0v) is 18.2. The van der Waals surface area contributed by atoms with E-state index in [0.29, 0.717) is 0 Å². The summed E-state index contributed by atoms with van der Waals surface area (Å²) < 4.78 is 181. The van der Waals surface area contributed by atoms with Crippen molar-refractivity contribution >= 4 is 15.9 Å². The fraction of sp³-hybridized carbons (Fsp3) is 0.235. The van der Waals surface area contributed by atoms with Gasteiger partial charge in [-0.05, 0) is 36.4 Å². The second kappa shape index (κ2) is 9.67. The van der Waals surface area contributed by atoms with Crippen molar-refractivity contribution < 1.29 is 88.3 Å². The van der Waals surface area contributed by atoms with Crippen LogP contribution in [0.5, 0.6) is 0 Å². The largest absolute Gasteiger partial charge is 1.00 e. The fourth-order valence-corrected chi connectivity index (χ4v) is 3.35. The van der Waals surface area contributed by atoms with Crippen molar-refractivity contribution in [2.75, 3.05) is 0 Å². The van der Waals surface area contributed by atoms with Gasteiger partial charge in [0.05, 0.1) is 33.1 Å². The van der Waals surface area contributed by atoms with E-state index in [2.05, 4.69) is 4.72 Å². The molecule has 2 aromatic rings. The molecule has 0 aliphatic carbocycles. The molecule has 0 atom stereocenters. The molecule has 0 aromatic heterocycles. The predicted octanol–water partition coefficient (Wildman–Crippen LogP) is 6.66. The Morgan fingerprint density at radius 2 is 0.857 bits per heavy atom. The first kappa shape index (κ1) is 30.8. The van der Waals surface area contributed by atoms with E-state index < -0.39 is 85.5 Å². The van der Waals surface area contributed by atoms with Crippen LogP contribution < -0.4 is 0 Å². The quantitative estimate of drug-likeness (QED) is 0.279. The van der Waals surface area contributed by atoms with Crippen LogP contribution in [-0.2, 0) is 57.1 Å². The normalized spacial score (nSPS) is 13.3. The molecule has 0 bridgehead atoms. The molecule has 0 saturated heterocycles. The van der Waals surface area contributed by atoms with Crippen LogP contribution in [0.3, 0.4) is 0 Å². The van der Waals surface area contributed by atoms with Gasteiger partial charge in [-0.1, -0.05) is 0 Å². The Bertz CT molecular complexity index is 1150. The Labute approximate surface area is 202 Å². The SMILES string of the molecule is O=C([N-]S(=O)(=O)c1cc(C(F)(F)F)cc(C(F)(F)F)c1)c1cc(C(F)(F)F)cc(C(F)(F)F)c1.[Ag+]. The Hall–Kier alpha value is -2.24. The summed E-state index contributed by atoms with van der Waals surface area (Å²) in [7, 11) is -5.76. The molecular formula is C17H6AgF12NO3S. The van der Waals surface area contributed by atoms with Gasteiger partial charge in [-0.15, -0.1) is 0 Å². The van der Waals surface area contributed by atoms with Crippen LogP contribution in [0.4, 0.5) is 52.7 Å². The van der Waals surface area contributed by atoms with Gasteiger partial charge >= 0.3 is 47.1 Å².